The second-order valence-corrected chi connectivity index (χ2v) is 3.71. The summed E-state index contributed by atoms with van der Waals surface area (Å²) in [6.45, 7) is 3.77. The molecule has 1 aliphatic rings. The highest BCUT2D eigenvalue weighted by atomic mass is 16.3. The molecule has 0 amide bonds. The zero-order chi connectivity index (χ0) is 9.26. The van der Waals surface area contributed by atoms with Crippen LogP contribution in [0, 0.1) is 0 Å². The van der Waals surface area contributed by atoms with Gasteiger partial charge in [0.15, 0.2) is 0 Å². The van der Waals surface area contributed by atoms with Gasteiger partial charge in [-0.2, -0.15) is 0 Å². The minimum atomic E-state index is -0.243. The zero-order valence-corrected chi connectivity index (χ0v) is 7.88. The van der Waals surface area contributed by atoms with Crippen molar-refractivity contribution in [3.63, 3.8) is 0 Å². The molecule has 1 atom stereocenters. The molecular weight excluding hydrogens is 162 g/mol. The maximum absolute atomic E-state index is 9.32. The van der Waals surface area contributed by atoms with Crippen LogP contribution in [-0.4, -0.2) is 11.2 Å². The highest BCUT2D eigenvalue weighted by molar-refractivity contribution is 5.38. The topological polar surface area (TPSA) is 32.3 Å². The van der Waals surface area contributed by atoms with Crippen molar-refractivity contribution in [3.05, 3.63) is 34.9 Å². The van der Waals surface area contributed by atoms with Crippen LogP contribution in [0.5, 0.6) is 0 Å². The van der Waals surface area contributed by atoms with Crippen molar-refractivity contribution in [1.29, 1.82) is 0 Å². The largest absolute Gasteiger partial charge is 0.393 e. The average molecular weight is 177 g/mol. The molecule has 0 bridgehead atoms. The molecule has 1 unspecified atom stereocenters. The molecule has 0 radical (unpaired) electrons. The Morgan fingerprint density at radius 2 is 2.31 bits per heavy atom. The predicted molar refractivity (Wildman–Crippen MR) is 52.4 cm³/mol. The van der Waals surface area contributed by atoms with Gasteiger partial charge in [-0.05, 0) is 30.0 Å². The Kier molecular flexibility index (Phi) is 2.34. The van der Waals surface area contributed by atoms with Crippen LogP contribution in [0.2, 0.25) is 0 Å². The van der Waals surface area contributed by atoms with Crippen LogP contribution in [0.3, 0.4) is 0 Å². The number of fused-ring (bicyclic) bond motifs is 1. The van der Waals surface area contributed by atoms with Gasteiger partial charge in [0.05, 0.1) is 6.10 Å². The molecule has 2 heteroatoms. The average Bonchev–Trinajstić information content (AvgIpc) is 2.51. The van der Waals surface area contributed by atoms with Crippen molar-refractivity contribution >= 4 is 0 Å². The molecule has 2 N–H and O–H groups in total. The molecule has 1 heterocycles. The highest BCUT2D eigenvalue weighted by Gasteiger charge is 2.14. The molecular formula is C11H15NO. The van der Waals surface area contributed by atoms with E-state index in [0.29, 0.717) is 0 Å². The van der Waals surface area contributed by atoms with E-state index < -0.39 is 0 Å². The highest BCUT2D eigenvalue weighted by Crippen LogP contribution is 2.20. The maximum atomic E-state index is 9.32. The molecule has 0 aromatic heterocycles. The predicted octanol–water partition coefficient (Wildman–Crippen LogP) is 1.21. The monoisotopic (exact) mass is 177 g/mol. The van der Waals surface area contributed by atoms with Gasteiger partial charge in [0, 0.05) is 13.1 Å². The SMILES string of the molecule is CC(O)Cc1cccc2c1CNC2. The number of rotatable bonds is 2. The molecule has 1 aliphatic heterocycles. The second kappa shape index (κ2) is 3.48. The lowest BCUT2D eigenvalue weighted by Crippen LogP contribution is -2.07. The van der Waals surface area contributed by atoms with E-state index >= 15 is 0 Å². The van der Waals surface area contributed by atoms with Crippen molar-refractivity contribution in [3.8, 4) is 0 Å². The summed E-state index contributed by atoms with van der Waals surface area (Å²) in [6.07, 6.45) is 0.525. The molecule has 0 aliphatic carbocycles. The first kappa shape index (κ1) is 8.73. The number of nitrogens with one attached hydrogen (secondary N) is 1. The summed E-state index contributed by atoms with van der Waals surface area (Å²) in [5.41, 5.74) is 4.07. The van der Waals surface area contributed by atoms with Gasteiger partial charge in [-0.3, -0.25) is 0 Å². The summed E-state index contributed by atoms with van der Waals surface area (Å²) in [5, 5.41) is 12.6. The van der Waals surface area contributed by atoms with Gasteiger partial charge in [-0.15, -0.1) is 0 Å². The van der Waals surface area contributed by atoms with Crippen LogP contribution in [0.1, 0.15) is 23.6 Å². The van der Waals surface area contributed by atoms with E-state index in [1.165, 1.54) is 16.7 Å². The first-order chi connectivity index (χ1) is 6.27. The number of aliphatic hydroxyl groups is 1. The van der Waals surface area contributed by atoms with Gasteiger partial charge >= 0.3 is 0 Å². The van der Waals surface area contributed by atoms with Crippen LogP contribution in [0.15, 0.2) is 18.2 Å². The van der Waals surface area contributed by atoms with Gasteiger partial charge in [0.25, 0.3) is 0 Å². The quantitative estimate of drug-likeness (QED) is 0.711. The zero-order valence-electron chi connectivity index (χ0n) is 7.88. The summed E-state index contributed by atoms with van der Waals surface area (Å²) in [6, 6.07) is 6.34. The second-order valence-electron chi connectivity index (χ2n) is 3.71. The summed E-state index contributed by atoms with van der Waals surface area (Å²) in [4.78, 5) is 0. The van der Waals surface area contributed by atoms with Gasteiger partial charge in [-0.25, -0.2) is 0 Å². The summed E-state index contributed by atoms with van der Waals surface area (Å²) in [7, 11) is 0. The Labute approximate surface area is 78.6 Å². The summed E-state index contributed by atoms with van der Waals surface area (Å²) >= 11 is 0. The Bertz CT molecular complexity index is 307. The van der Waals surface area contributed by atoms with Crippen LogP contribution in [-0.2, 0) is 19.5 Å². The maximum Gasteiger partial charge on any atom is 0.0552 e. The van der Waals surface area contributed by atoms with E-state index in [4.69, 9.17) is 0 Å². The van der Waals surface area contributed by atoms with Gasteiger partial charge in [-0.1, -0.05) is 18.2 Å². The molecule has 0 saturated heterocycles. The van der Waals surface area contributed by atoms with Crippen molar-refractivity contribution in [2.45, 2.75) is 32.5 Å². The fourth-order valence-electron chi connectivity index (χ4n) is 1.91. The van der Waals surface area contributed by atoms with Crippen molar-refractivity contribution in [2.75, 3.05) is 0 Å². The Balaban J connectivity index is 2.30. The number of hydrogen-bond donors (Lipinski definition) is 2. The third-order valence-corrected chi connectivity index (χ3v) is 2.50. The molecule has 1 aromatic rings. The van der Waals surface area contributed by atoms with E-state index in [2.05, 4.69) is 23.5 Å². The molecule has 2 nitrogen and oxygen atoms in total. The molecule has 2 rings (SSSR count). The fourth-order valence-corrected chi connectivity index (χ4v) is 1.91. The molecule has 70 valence electrons. The number of aliphatic hydroxyl groups excluding tert-OH is 1. The molecule has 1 aromatic carbocycles. The summed E-state index contributed by atoms with van der Waals surface area (Å²) < 4.78 is 0. The Morgan fingerprint density at radius 1 is 1.46 bits per heavy atom. The third-order valence-electron chi connectivity index (χ3n) is 2.50. The van der Waals surface area contributed by atoms with E-state index in [-0.39, 0.29) is 6.10 Å². The van der Waals surface area contributed by atoms with E-state index in [1.807, 2.05) is 6.92 Å². The van der Waals surface area contributed by atoms with Crippen LogP contribution >= 0.6 is 0 Å². The van der Waals surface area contributed by atoms with Gasteiger partial charge < -0.3 is 10.4 Å². The number of hydrogen-bond acceptors (Lipinski definition) is 2. The molecule has 0 fully saturated rings. The lowest BCUT2D eigenvalue weighted by molar-refractivity contribution is 0.195. The molecule has 0 spiro atoms. The Hall–Kier alpha value is -0.860. The normalized spacial score (nSPS) is 17.1. The van der Waals surface area contributed by atoms with E-state index in [1.54, 1.807) is 0 Å². The molecule has 13 heavy (non-hydrogen) atoms. The van der Waals surface area contributed by atoms with Gasteiger partial charge in [0.2, 0.25) is 0 Å². The van der Waals surface area contributed by atoms with Crippen molar-refractivity contribution in [2.24, 2.45) is 0 Å². The minimum absolute atomic E-state index is 0.243. The van der Waals surface area contributed by atoms with E-state index in [9.17, 15) is 5.11 Å². The van der Waals surface area contributed by atoms with Crippen LogP contribution < -0.4 is 5.32 Å². The lowest BCUT2D eigenvalue weighted by atomic mass is 9.99. The number of benzene rings is 1. The third kappa shape index (κ3) is 1.74. The lowest BCUT2D eigenvalue weighted by Gasteiger charge is -2.09. The van der Waals surface area contributed by atoms with E-state index in [0.717, 1.165) is 19.5 Å². The van der Waals surface area contributed by atoms with Crippen molar-refractivity contribution < 1.29 is 5.11 Å². The Morgan fingerprint density at radius 3 is 3.08 bits per heavy atom. The van der Waals surface area contributed by atoms with Crippen molar-refractivity contribution in [1.82, 2.24) is 5.32 Å². The minimum Gasteiger partial charge on any atom is -0.393 e. The first-order valence-electron chi connectivity index (χ1n) is 4.76. The summed E-state index contributed by atoms with van der Waals surface area (Å²) in [5.74, 6) is 0. The van der Waals surface area contributed by atoms with Crippen LogP contribution in [0.25, 0.3) is 0 Å². The first-order valence-corrected chi connectivity index (χ1v) is 4.76. The fraction of sp³-hybridized carbons (Fsp3) is 0.455. The standard InChI is InChI=1S/C11H15NO/c1-8(13)5-9-3-2-4-10-6-12-7-11(9)10/h2-4,8,12-13H,5-7H2,1H3. The smallest absolute Gasteiger partial charge is 0.0552 e. The van der Waals surface area contributed by atoms with Gasteiger partial charge in [0.1, 0.15) is 0 Å². The van der Waals surface area contributed by atoms with Crippen LogP contribution in [0.4, 0.5) is 0 Å². The molecule has 0 saturated carbocycles.